The van der Waals surface area contributed by atoms with E-state index < -0.39 is 17.6 Å². The van der Waals surface area contributed by atoms with Crippen LogP contribution in [0.4, 0.5) is 0 Å². The fourth-order valence-corrected chi connectivity index (χ4v) is 5.66. The van der Waals surface area contributed by atoms with E-state index in [4.69, 9.17) is 16.7 Å². The number of fused-ring (bicyclic) bond motifs is 3. The summed E-state index contributed by atoms with van der Waals surface area (Å²) in [6, 6.07) is 19.6. The average Bonchev–Trinajstić information content (AvgIpc) is 3.51. The van der Waals surface area contributed by atoms with E-state index in [0.717, 1.165) is 22.3 Å². The van der Waals surface area contributed by atoms with Gasteiger partial charge in [0, 0.05) is 42.3 Å². The van der Waals surface area contributed by atoms with Crippen LogP contribution in [0.2, 0.25) is 5.02 Å². The Morgan fingerprint density at radius 3 is 2.32 bits per heavy atom. The van der Waals surface area contributed by atoms with E-state index in [1.165, 1.54) is 4.90 Å². The van der Waals surface area contributed by atoms with Gasteiger partial charge in [0.05, 0.1) is 6.61 Å². The second kappa shape index (κ2) is 10.6. The number of likely N-dealkylation sites (tertiary alicyclic amines) is 1. The predicted octanol–water partition coefficient (Wildman–Crippen LogP) is 2.95. The van der Waals surface area contributed by atoms with Crippen molar-refractivity contribution in [1.29, 1.82) is 0 Å². The molecular formula is C29H30ClN3O4. The summed E-state index contributed by atoms with van der Waals surface area (Å²) in [7, 11) is 0. The number of nitrogens with zero attached hydrogens (tertiary/aromatic N) is 1. The maximum absolute atomic E-state index is 14.0. The van der Waals surface area contributed by atoms with Crippen LogP contribution in [-0.4, -0.2) is 52.7 Å². The van der Waals surface area contributed by atoms with Crippen LogP contribution >= 0.6 is 11.6 Å². The third-order valence-electron chi connectivity index (χ3n) is 7.28. The number of rotatable bonds is 8. The van der Waals surface area contributed by atoms with Crippen LogP contribution in [0.1, 0.15) is 35.1 Å². The molecule has 1 saturated heterocycles. The predicted molar refractivity (Wildman–Crippen MR) is 142 cm³/mol. The molecule has 0 spiro atoms. The second-order valence-corrected chi connectivity index (χ2v) is 9.93. The minimum atomic E-state index is -1.84. The molecule has 4 N–H and O–H groups in total. The van der Waals surface area contributed by atoms with Crippen molar-refractivity contribution in [3.8, 4) is 11.1 Å². The standard InChI is InChI=1S/C29H30ClN3O4/c30-21-12-11-19(17-31-13-15-34)20(16-21)18-32-27(35)26-10-5-14-33(26)28(36)29(37)24-8-3-1-6-22(24)23-7-2-4-9-25(23)29/h1-4,6-9,11-12,16,26,31,34,37H,5,10,13-15,17-18H2,(H,32,35). The van der Waals surface area contributed by atoms with E-state index in [2.05, 4.69) is 10.6 Å². The molecule has 1 fully saturated rings. The van der Waals surface area contributed by atoms with Crippen molar-refractivity contribution in [1.82, 2.24) is 15.5 Å². The van der Waals surface area contributed by atoms with E-state index in [9.17, 15) is 14.7 Å². The van der Waals surface area contributed by atoms with Crippen LogP contribution in [0, 0.1) is 0 Å². The maximum atomic E-state index is 14.0. The van der Waals surface area contributed by atoms with Gasteiger partial charge in [0.1, 0.15) is 6.04 Å². The SMILES string of the molecule is O=C(NCc1cc(Cl)ccc1CNCCO)C1CCCN1C(=O)C1(O)c2ccccc2-c2ccccc21. The lowest BCUT2D eigenvalue weighted by atomic mass is 9.89. The summed E-state index contributed by atoms with van der Waals surface area (Å²) in [5.74, 6) is -0.734. The number of halogens is 1. The molecule has 0 aromatic heterocycles. The van der Waals surface area contributed by atoms with Gasteiger partial charge in [0.15, 0.2) is 5.60 Å². The first-order chi connectivity index (χ1) is 17.9. The van der Waals surface area contributed by atoms with E-state index in [0.29, 0.717) is 48.6 Å². The Balaban J connectivity index is 1.35. The summed E-state index contributed by atoms with van der Waals surface area (Å²) in [5, 5.41) is 27.7. The molecule has 0 bridgehead atoms. The molecule has 3 aromatic rings. The Morgan fingerprint density at radius 1 is 0.973 bits per heavy atom. The number of amides is 2. The van der Waals surface area contributed by atoms with Gasteiger partial charge >= 0.3 is 0 Å². The van der Waals surface area contributed by atoms with E-state index in [1.54, 1.807) is 18.2 Å². The van der Waals surface area contributed by atoms with E-state index in [1.807, 2.05) is 48.5 Å². The quantitative estimate of drug-likeness (QED) is 0.343. The summed E-state index contributed by atoms with van der Waals surface area (Å²) in [4.78, 5) is 28.8. The largest absolute Gasteiger partial charge is 0.395 e. The maximum Gasteiger partial charge on any atom is 0.264 e. The van der Waals surface area contributed by atoms with Crippen LogP contribution in [0.25, 0.3) is 11.1 Å². The number of hydrogen-bond donors (Lipinski definition) is 4. The van der Waals surface area contributed by atoms with Crippen molar-refractivity contribution in [2.75, 3.05) is 19.7 Å². The highest BCUT2D eigenvalue weighted by atomic mass is 35.5. The molecular weight excluding hydrogens is 490 g/mol. The topological polar surface area (TPSA) is 102 Å². The summed E-state index contributed by atoms with van der Waals surface area (Å²) in [6.45, 7) is 1.68. The molecule has 0 radical (unpaired) electrons. The number of benzene rings is 3. The molecule has 5 rings (SSSR count). The zero-order valence-electron chi connectivity index (χ0n) is 20.4. The zero-order chi connectivity index (χ0) is 26.0. The number of carbonyl (C=O) groups is 2. The number of aliphatic hydroxyl groups excluding tert-OH is 1. The number of hydrogen-bond acceptors (Lipinski definition) is 5. The number of nitrogens with one attached hydrogen (secondary N) is 2. The van der Waals surface area contributed by atoms with E-state index in [-0.39, 0.29) is 19.1 Å². The smallest absolute Gasteiger partial charge is 0.264 e. The minimum Gasteiger partial charge on any atom is -0.395 e. The van der Waals surface area contributed by atoms with Crippen molar-refractivity contribution in [3.63, 3.8) is 0 Å². The Kier molecular flexibility index (Phi) is 7.31. The Hall–Kier alpha value is -3.23. The normalized spacial score (nSPS) is 17.4. The van der Waals surface area contributed by atoms with Gasteiger partial charge in [0.2, 0.25) is 5.91 Å². The van der Waals surface area contributed by atoms with Crippen molar-refractivity contribution in [3.05, 3.63) is 94.0 Å². The molecule has 1 unspecified atom stereocenters. The number of aliphatic hydroxyl groups is 2. The van der Waals surface area contributed by atoms with E-state index >= 15 is 0 Å². The molecule has 2 amide bonds. The molecule has 1 atom stereocenters. The highest BCUT2D eigenvalue weighted by Gasteiger charge is 2.52. The Labute approximate surface area is 221 Å². The molecule has 0 saturated carbocycles. The monoisotopic (exact) mass is 519 g/mol. The van der Waals surface area contributed by atoms with Gasteiger partial charge in [-0.15, -0.1) is 0 Å². The first-order valence-electron chi connectivity index (χ1n) is 12.5. The molecule has 1 aliphatic carbocycles. The summed E-state index contributed by atoms with van der Waals surface area (Å²) in [6.07, 6.45) is 1.20. The van der Waals surface area contributed by atoms with Gasteiger partial charge in [-0.05, 0) is 47.2 Å². The highest BCUT2D eigenvalue weighted by molar-refractivity contribution is 6.30. The van der Waals surface area contributed by atoms with Crippen LogP contribution in [0.15, 0.2) is 66.7 Å². The summed E-state index contributed by atoms with van der Waals surface area (Å²) >= 11 is 6.20. The first kappa shape index (κ1) is 25.4. The van der Waals surface area contributed by atoms with Crippen molar-refractivity contribution >= 4 is 23.4 Å². The Morgan fingerprint density at radius 2 is 1.65 bits per heavy atom. The van der Waals surface area contributed by atoms with Crippen molar-refractivity contribution in [2.45, 2.75) is 37.6 Å². The van der Waals surface area contributed by atoms with Crippen LogP contribution in [-0.2, 0) is 28.3 Å². The highest BCUT2D eigenvalue weighted by Crippen LogP contribution is 2.48. The third-order valence-corrected chi connectivity index (χ3v) is 7.51. The molecule has 3 aromatic carbocycles. The van der Waals surface area contributed by atoms with Crippen LogP contribution in [0.5, 0.6) is 0 Å². The summed E-state index contributed by atoms with van der Waals surface area (Å²) < 4.78 is 0. The van der Waals surface area contributed by atoms with Gasteiger partial charge in [0.25, 0.3) is 5.91 Å². The lowest BCUT2D eigenvalue weighted by molar-refractivity contribution is -0.151. The zero-order valence-corrected chi connectivity index (χ0v) is 21.2. The van der Waals surface area contributed by atoms with Gasteiger partial charge in [-0.3, -0.25) is 9.59 Å². The van der Waals surface area contributed by atoms with Crippen LogP contribution < -0.4 is 10.6 Å². The molecule has 192 valence electrons. The minimum absolute atomic E-state index is 0.0342. The first-order valence-corrected chi connectivity index (χ1v) is 12.9. The van der Waals surface area contributed by atoms with Crippen molar-refractivity contribution in [2.24, 2.45) is 0 Å². The fourth-order valence-electron chi connectivity index (χ4n) is 5.47. The number of carbonyl (C=O) groups excluding carboxylic acids is 2. The molecule has 7 nitrogen and oxygen atoms in total. The van der Waals surface area contributed by atoms with Gasteiger partial charge in [-0.25, -0.2) is 0 Å². The average molecular weight is 520 g/mol. The molecule has 2 aliphatic rings. The van der Waals surface area contributed by atoms with Gasteiger partial charge in [-0.1, -0.05) is 66.2 Å². The molecule has 1 aliphatic heterocycles. The fraction of sp³-hybridized carbons (Fsp3) is 0.310. The lowest BCUT2D eigenvalue weighted by Crippen LogP contribution is -2.52. The van der Waals surface area contributed by atoms with Gasteiger partial charge < -0.3 is 25.7 Å². The molecule has 1 heterocycles. The van der Waals surface area contributed by atoms with Crippen LogP contribution in [0.3, 0.4) is 0 Å². The molecule has 37 heavy (non-hydrogen) atoms. The second-order valence-electron chi connectivity index (χ2n) is 9.49. The Bertz CT molecular complexity index is 1280. The summed E-state index contributed by atoms with van der Waals surface area (Å²) in [5.41, 5.74) is 2.74. The molecule has 8 heteroatoms. The lowest BCUT2D eigenvalue weighted by Gasteiger charge is -2.33. The van der Waals surface area contributed by atoms with Crippen molar-refractivity contribution < 1.29 is 19.8 Å². The third kappa shape index (κ3) is 4.64. The van der Waals surface area contributed by atoms with Gasteiger partial charge in [-0.2, -0.15) is 0 Å².